The van der Waals surface area contributed by atoms with Crippen LogP contribution in [-0.2, 0) is 10.0 Å². The third kappa shape index (κ3) is 3.98. The summed E-state index contributed by atoms with van der Waals surface area (Å²) in [6.07, 6.45) is 9.10. The summed E-state index contributed by atoms with van der Waals surface area (Å²) in [4.78, 5) is 13.6. The molecule has 1 atom stereocenters. The molecule has 1 N–H and O–H groups in total. The number of rotatable bonds is 6. The Labute approximate surface area is 190 Å². The molecule has 8 nitrogen and oxygen atoms in total. The molecule has 4 saturated carbocycles. The molecule has 32 heavy (non-hydrogen) atoms. The van der Waals surface area contributed by atoms with Gasteiger partial charge < -0.3 is 10.2 Å². The summed E-state index contributed by atoms with van der Waals surface area (Å²) >= 11 is 0. The maximum absolute atomic E-state index is 11.8. The van der Waals surface area contributed by atoms with Gasteiger partial charge in [-0.25, -0.2) is 8.42 Å². The summed E-state index contributed by atoms with van der Waals surface area (Å²) in [5.74, 6) is 2.49. The van der Waals surface area contributed by atoms with Crippen LogP contribution in [0.3, 0.4) is 0 Å². The fourth-order valence-electron chi connectivity index (χ4n) is 7.37. The number of piperazine rings is 1. The molecule has 1 aromatic carbocycles. The van der Waals surface area contributed by atoms with Crippen molar-refractivity contribution < 1.29 is 13.3 Å². The van der Waals surface area contributed by atoms with E-state index in [2.05, 4.69) is 17.1 Å². The number of anilines is 2. The van der Waals surface area contributed by atoms with Crippen molar-refractivity contribution in [1.29, 1.82) is 0 Å². The molecule has 1 aromatic rings. The molecular weight excluding hydrogens is 428 g/mol. The molecule has 4 bridgehead atoms. The molecule has 9 heteroatoms. The Morgan fingerprint density at radius 1 is 1.06 bits per heavy atom. The zero-order chi connectivity index (χ0) is 22.7. The largest absolute Gasteiger partial charge is 0.376 e. The number of hydrogen-bond acceptors (Lipinski definition) is 6. The van der Waals surface area contributed by atoms with Crippen molar-refractivity contribution in [1.82, 2.24) is 4.31 Å². The minimum Gasteiger partial charge on any atom is -0.376 e. The van der Waals surface area contributed by atoms with Crippen LogP contribution in [0.1, 0.15) is 45.4 Å². The number of nitrogens with zero attached hydrogens (tertiary/aromatic N) is 3. The maximum Gasteiger partial charge on any atom is 0.292 e. The highest BCUT2D eigenvalue weighted by atomic mass is 32.2. The first-order valence-corrected chi connectivity index (χ1v) is 13.7. The van der Waals surface area contributed by atoms with E-state index in [1.165, 1.54) is 49.1 Å². The van der Waals surface area contributed by atoms with Gasteiger partial charge in [0.15, 0.2) is 0 Å². The molecule has 1 saturated heterocycles. The Balaban J connectivity index is 1.36. The fraction of sp³-hybridized carbons (Fsp3) is 0.739. The van der Waals surface area contributed by atoms with Gasteiger partial charge in [0, 0.05) is 44.0 Å². The molecule has 0 unspecified atom stereocenters. The predicted molar refractivity (Wildman–Crippen MR) is 125 cm³/mol. The molecule has 4 aliphatic carbocycles. The third-order valence-electron chi connectivity index (χ3n) is 8.63. The highest BCUT2D eigenvalue weighted by Crippen LogP contribution is 2.61. The lowest BCUT2D eigenvalue weighted by Crippen LogP contribution is -2.53. The van der Waals surface area contributed by atoms with Crippen LogP contribution in [0.15, 0.2) is 18.2 Å². The number of benzene rings is 1. The predicted octanol–water partition coefficient (Wildman–Crippen LogP) is 3.69. The average Bonchev–Trinajstić information content (AvgIpc) is 2.72. The molecular formula is C23H34N4O4S. The van der Waals surface area contributed by atoms with Gasteiger partial charge in [-0.1, -0.05) is 0 Å². The molecule has 1 heterocycles. The molecule has 5 fully saturated rings. The minimum atomic E-state index is -3.19. The average molecular weight is 463 g/mol. The van der Waals surface area contributed by atoms with Gasteiger partial charge in [0.1, 0.15) is 5.69 Å². The first-order valence-electron chi connectivity index (χ1n) is 11.9. The number of hydrogen-bond donors (Lipinski definition) is 1. The second-order valence-electron chi connectivity index (χ2n) is 10.8. The normalized spacial score (nSPS) is 33.3. The van der Waals surface area contributed by atoms with Gasteiger partial charge in [0.05, 0.1) is 11.2 Å². The SMILES string of the molecule is C[C@@H](Nc1cc(N2CCN(S(C)(=O)=O)CC2)ccc1[N+](=O)[O-])C12CC3CC(CC(C3)C1)C2. The van der Waals surface area contributed by atoms with Crippen LogP contribution in [-0.4, -0.2) is 56.1 Å². The van der Waals surface area contributed by atoms with Crippen molar-refractivity contribution in [3.63, 3.8) is 0 Å². The molecule has 176 valence electrons. The monoisotopic (exact) mass is 462 g/mol. The van der Waals surface area contributed by atoms with Crippen LogP contribution in [0.5, 0.6) is 0 Å². The topological polar surface area (TPSA) is 95.8 Å². The summed E-state index contributed by atoms with van der Waals surface area (Å²) in [6, 6.07) is 5.46. The van der Waals surface area contributed by atoms with E-state index in [1.54, 1.807) is 12.1 Å². The van der Waals surface area contributed by atoms with Crippen molar-refractivity contribution in [2.75, 3.05) is 42.7 Å². The quantitative estimate of drug-likeness (QED) is 0.512. The van der Waals surface area contributed by atoms with E-state index in [9.17, 15) is 18.5 Å². The molecule has 5 aliphatic rings. The van der Waals surface area contributed by atoms with E-state index in [0.717, 1.165) is 23.4 Å². The Bertz CT molecular complexity index is 968. The highest BCUT2D eigenvalue weighted by Gasteiger charge is 2.53. The van der Waals surface area contributed by atoms with Gasteiger partial charge in [-0.3, -0.25) is 10.1 Å². The Morgan fingerprint density at radius 2 is 1.62 bits per heavy atom. The number of nitrogens with one attached hydrogen (secondary N) is 1. The van der Waals surface area contributed by atoms with Crippen LogP contribution in [0.4, 0.5) is 17.1 Å². The molecule has 0 aromatic heterocycles. The first kappa shape index (κ1) is 21.9. The number of nitro groups is 1. The van der Waals surface area contributed by atoms with Crippen molar-refractivity contribution in [3.05, 3.63) is 28.3 Å². The van der Waals surface area contributed by atoms with Crippen molar-refractivity contribution in [2.45, 2.75) is 51.5 Å². The maximum atomic E-state index is 11.8. The zero-order valence-corrected chi connectivity index (χ0v) is 19.8. The van der Waals surface area contributed by atoms with Gasteiger partial charge in [-0.05, 0) is 80.8 Å². The lowest BCUT2D eigenvalue weighted by atomic mass is 9.48. The van der Waals surface area contributed by atoms with Gasteiger partial charge in [0.25, 0.3) is 5.69 Å². The molecule has 0 spiro atoms. The number of sulfonamides is 1. The second kappa shape index (κ2) is 7.87. The lowest BCUT2D eigenvalue weighted by molar-refractivity contribution is -0.384. The summed E-state index contributed by atoms with van der Waals surface area (Å²) in [5, 5.41) is 15.4. The Hall–Kier alpha value is -1.87. The standard InChI is InChI=1S/C23H34N4O4S/c1-16(23-13-17-9-18(14-23)11-19(10-17)15-23)24-21-12-20(3-4-22(21)27(28)29)25-5-7-26(8-6-25)32(2,30)31/h3-4,12,16-19,24H,5-11,13-15H2,1-2H3/t16-,17?,18?,19?,23?/m1/s1. The van der Waals surface area contributed by atoms with Crippen LogP contribution in [0.2, 0.25) is 0 Å². The van der Waals surface area contributed by atoms with E-state index < -0.39 is 10.0 Å². The lowest BCUT2D eigenvalue weighted by Gasteiger charge is -2.59. The first-order chi connectivity index (χ1) is 15.1. The van der Waals surface area contributed by atoms with E-state index in [-0.39, 0.29) is 22.1 Å². The van der Waals surface area contributed by atoms with Crippen LogP contribution >= 0.6 is 0 Å². The summed E-state index contributed by atoms with van der Waals surface area (Å²) in [6.45, 7) is 4.24. The van der Waals surface area contributed by atoms with Gasteiger partial charge in [0.2, 0.25) is 10.0 Å². The second-order valence-corrected chi connectivity index (χ2v) is 12.7. The third-order valence-corrected chi connectivity index (χ3v) is 9.93. The van der Waals surface area contributed by atoms with Crippen molar-refractivity contribution >= 4 is 27.1 Å². The summed E-state index contributed by atoms with van der Waals surface area (Å²) in [5.41, 5.74) is 1.85. The highest BCUT2D eigenvalue weighted by molar-refractivity contribution is 7.88. The van der Waals surface area contributed by atoms with Gasteiger partial charge in [-0.2, -0.15) is 4.31 Å². The molecule has 0 amide bonds. The van der Waals surface area contributed by atoms with Crippen molar-refractivity contribution in [2.24, 2.45) is 23.2 Å². The van der Waals surface area contributed by atoms with Gasteiger partial charge >= 0.3 is 0 Å². The smallest absolute Gasteiger partial charge is 0.292 e. The number of nitro benzene ring substituents is 1. The zero-order valence-electron chi connectivity index (χ0n) is 19.0. The summed E-state index contributed by atoms with van der Waals surface area (Å²) < 4.78 is 25.1. The molecule has 0 radical (unpaired) electrons. The van der Waals surface area contributed by atoms with Crippen molar-refractivity contribution in [3.8, 4) is 0 Å². The molecule has 6 rings (SSSR count). The van der Waals surface area contributed by atoms with E-state index in [1.807, 2.05) is 6.07 Å². The minimum absolute atomic E-state index is 0.111. The van der Waals surface area contributed by atoms with Crippen LogP contribution in [0.25, 0.3) is 0 Å². The summed E-state index contributed by atoms with van der Waals surface area (Å²) in [7, 11) is -3.19. The Kier molecular flexibility index (Phi) is 5.40. The van der Waals surface area contributed by atoms with E-state index >= 15 is 0 Å². The molecule has 1 aliphatic heterocycles. The fourth-order valence-corrected chi connectivity index (χ4v) is 8.19. The Morgan fingerprint density at radius 3 is 2.12 bits per heavy atom. The van der Waals surface area contributed by atoms with E-state index in [4.69, 9.17) is 0 Å². The van der Waals surface area contributed by atoms with Gasteiger partial charge in [-0.15, -0.1) is 0 Å². The van der Waals surface area contributed by atoms with E-state index in [0.29, 0.717) is 31.9 Å². The van der Waals surface area contributed by atoms with Crippen LogP contribution in [0, 0.1) is 33.3 Å². The van der Waals surface area contributed by atoms with Crippen LogP contribution < -0.4 is 10.2 Å².